The maximum atomic E-state index is 12.2. The van der Waals surface area contributed by atoms with Crippen LogP contribution in [-0.4, -0.2) is 54.8 Å². The van der Waals surface area contributed by atoms with E-state index in [-0.39, 0.29) is 18.4 Å². The summed E-state index contributed by atoms with van der Waals surface area (Å²) in [5.74, 6) is -0.147. The zero-order valence-corrected chi connectivity index (χ0v) is 14.2. The molecule has 1 aromatic rings. The summed E-state index contributed by atoms with van der Waals surface area (Å²) >= 11 is 0. The van der Waals surface area contributed by atoms with Crippen molar-refractivity contribution >= 4 is 17.5 Å². The van der Waals surface area contributed by atoms with Gasteiger partial charge in [0.05, 0.1) is 13.1 Å². The minimum Gasteiger partial charge on any atom is -0.335 e. The smallest absolute Gasteiger partial charge is 0.243 e. The summed E-state index contributed by atoms with van der Waals surface area (Å²) in [4.78, 5) is 28.1. The first-order chi connectivity index (χ1) is 11.1. The molecule has 1 heterocycles. The van der Waals surface area contributed by atoms with Gasteiger partial charge in [-0.2, -0.15) is 0 Å². The molecule has 2 rings (SSSR count). The Morgan fingerprint density at radius 2 is 1.87 bits per heavy atom. The predicted molar refractivity (Wildman–Crippen MR) is 92.4 cm³/mol. The average Bonchev–Trinajstić information content (AvgIpc) is 2.56. The first kappa shape index (κ1) is 17.5. The van der Waals surface area contributed by atoms with E-state index in [2.05, 4.69) is 17.1 Å². The number of aryl methyl sites for hydroxylation is 1. The molecule has 0 unspecified atom stereocenters. The number of piperidine rings is 1. The molecule has 2 amide bonds. The van der Waals surface area contributed by atoms with Gasteiger partial charge in [-0.3, -0.25) is 14.5 Å². The number of likely N-dealkylation sites (N-methyl/N-ethyl adjacent to an activating group) is 1. The van der Waals surface area contributed by atoms with Crippen molar-refractivity contribution < 1.29 is 9.59 Å². The molecule has 0 bridgehead atoms. The summed E-state index contributed by atoms with van der Waals surface area (Å²) in [7, 11) is 1.69. The van der Waals surface area contributed by atoms with Crippen molar-refractivity contribution in [1.82, 2.24) is 9.80 Å². The highest BCUT2D eigenvalue weighted by Crippen LogP contribution is 2.15. The van der Waals surface area contributed by atoms with Crippen molar-refractivity contribution in [2.75, 3.05) is 38.5 Å². The molecule has 0 spiro atoms. The highest BCUT2D eigenvalue weighted by Gasteiger charge is 2.18. The van der Waals surface area contributed by atoms with Gasteiger partial charge in [0, 0.05) is 12.7 Å². The number of para-hydroxylation sites is 1. The average molecular weight is 317 g/mol. The molecular weight excluding hydrogens is 290 g/mol. The van der Waals surface area contributed by atoms with Crippen LogP contribution in [0.3, 0.4) is 0 Å². The number of hydrogen-bond donors (Lipinski definition) is 1. The number of carbonyl (C=O) groups is 2. The lowest BCUT2D eigenvalue weighted by molar-refractivity contribution is -0.134. The van der Waals surface area contributed by atoms with Crippen LogP contribution in [0.1, 0.15) is 31.7 Å². The van der Waals surface area contributed by atoms with Gasteiger partial charge in [-0.15, -0.1) is 0 Å². The number of hydrogen-bond acceptors (Lipinski definition) is 3. The standard InChI is InChI=1S/C18H27N3O2/c1-3-15-9-5-6-10-16(15)19-17(22)13-20(2)18(23)14-21-11-7-4-8-12-21/h5-6,9-10H,3-4,7-8,11-14H2,1-2H3,(H,19,22). The second-order valence-corrected chi connectivity index (χ2v) is 6.15. The largest absolute Gasteiger partial charge is 0.335 e. The van der Waals surface area contributed by atoms with Gasteiger partial charge in [0.1, 0.15) is 0 Å². The van der Waals surface area contributed by atoms with Gasteiger partial charge in [0.15, 0.2) is 0 Å². The van der Waals surface area contributed by atoms with Crippen molar-refractivity contribution in [2.24, 2.45) is 0 Å². The van der Waals surface area contributed by atoms with Gasteiger partial charge >= 0.3 is 0 Å². The number of carbonyl (C=O) groups excluding carboxylic acids is 2. The molecule has 0 aliphatic carbocycles. The number of anilines is 1. The fourth-order valence-corrected chi connectivity index (χ4v) is 2.87. The van der Waals surface area contributed by atoms with Crippen molar-refractivity contribution in [1.29, 1.82) is 0 Å². The summed E-state index contributed by atoms with van der Waals surface area (Å²) in [6, 6.07) is 7.76. The molecule has 1 aliphatic heterocycles. The van der Waals surface area contributed by atoms with Crippen molar-refractivity contribution in [3.05, 3.63) is 29.8 Å². The van der Waals surface area contributed by atoms with Crippen LogP contribution in [0.25, 0.3) is 0 Å². The maximum Gasteiger partial charge on any atom is 0.243 e. The van der Waals surface area contributed by atoms with Crippen LogP contribution in [0.15, 0.2) is 24.3 Å². The van der Waals surface area contributed by atoms with Gasteiger partial charge in [0.2, 0.25) is 11.8 Å². The molecule has 1 aliphatic rings. The Labute approximate surface area is 138 Å². The second kappa shape index (κ2) is 8.67. The van der Waals surface area contributed by atoms with E-state index in [0.29, 0.717) is 6.54 Å². The summed E-state index contributed by atoms with van der Waals surface area (Å²) < 4.78 is 0. The molecular formula is C18H27N3O2. The molecule has 1 aromatic carbocycles. The Morgan fingerprint density at radius 3 is 2.57 bits per heavy atom. The first-order valence-electron chi connectivity index (χ1n) is 8.44. The van der Waals surface area contributed by atoms with E-state index in [1.165, 1.54) is 11.3 Å². The molecule has 0 radical (unpaired) electrons. The highest BCUT2D eigenvalue weighted by molar-refractivity contribution is 5.95. The fourth-order valence-electron chi connectivity index (χ4n) is 2.87. The minimum atomic E-state index is -0.152. The SMILES string of the molecule is CCc1ccccc1NC(=O)CN(C)C(=O)CN1CCCCC1. The summed E-state index contributed by atoms with van der Waals surface area (Å²) in [6.07, 6.45) is 4.43. The lowest BCUT2D eigenvalue weighted by Gasteiger charge is -2.27. The van der Waals surface area contributed by atoms with Gasteiger partial charge in [-0.25, -0.2) is 0 Å². The van der Waals surface area contributed by atoms with E-state index in [1.54, 1.807) is 7.05 Å². The molecule has 1 fully saturated rings. The molecule has 0 saturated carbocycles. The molecule has 0 atom stereocenters. The van der Waals surface area contributed by atoms with Crippen LogP contribution in [0.4, 0.5) is 5.69 Å². The Bertz CT molecular complexity index is 539. The van der Waals surface area contributed by atoms with E-state index in [4.69, 9.17) is 0 Å². The number of benzene rings is 1. The molecule has 126 valence electrons. The Balaban J connectivity index is 1.82. The quantitative estimate of drug-likeness (QED) is 0.874. The Morgan fingerprint density at radius 1 is 1.17 bits per heavy atom. The summed E-state index contributed by atoms with van der Waals surface area (Å²) in [6.45, 7) is 4.52. The molecule has 23 heavy (non-hydrogen) atoms. The lowest BCUT2D eigenvalue weighted by atomic mass is 10.1. The highest BCUT2D eigenvalue weighted by atomic mass is 16.2. The zero-order chi connectivity index (χ0) is 16.7. The summed E-state index contributed by atoms with van der Waals surface area (Å²) in [5.41, 5.74) is 1.93. The zero-order valence-electron chi connectivity index (χ0n) is 14.2. The van der Waals surface area contributed by atoms with Crippen LogP contribution < -0.4 is 5.32 Å². The Hall–Kier alpha value is -1.88. The third-order valence-corrected chi connectivity index (χ3v) is 4.29. The predicted octanol–water partition coefficient (Wildman–Crippen LogP) is 2.13. The first-order valence-corrected chi connectivity index (χ1v) is 8.44. The number of nitrogens with zero attached hydrogens (tertiary/aromatic N) is 2. The van der Waals surface area contributed by atoms with Crippen molar-refractivity contribution in [3.8, 4) is 0 Å². The lowest BCUT2D eigenvalue weighted by Crippen LogP contribution is -2.43. The van der Waals surface area contributed by atoms with Gasteiger partial charge in [-0.1, -0.05) is 31.5 Å². The fraction of sp³-hybridized carbons (Fsp3) is 0.556. The van der Waals surface area contributed by atoms with Crippen LogP contribution in [-0.2, 0) is 16.0 Å². The van der Waals surface area contributed by atoms with Crippen molar-refractivity contribution in [2.45, 2.75) is 32.6 Å². The molecule has 1 N–H and O–H groups in total. The van der Waals surface area contributed by atoms with E-state index in [0.717, 1.165) is 43.6 Å². The molecule has 5 nitrogen and oxygen atoms in total. The normalized spacial score (nSPS) is 15.2. The third kappa shape index (κ3) is 5.36. The summed E-state index contributed by atoms with van der Waals surface area (Å²) in [5, 5.41) is 2.90. The number of amides is 2. The topological polar surface area (TPSA) is 52.7 Å². The molecule has 5 heteroatoms. The maximum absolute atomic E-state index is 12.2. The number of likely N-dealkylation sites (tertiary alicyclic amines) is 1. The van der Waals surface area contributed by atoms with Crippen LogP contribution in [0.5, 0.6) is 0 Å². The van der Waals surface area contributed by atoms with E-state index < -0.39 is 0 Å². The van der Waals surface area contributed by atoms with Crippen LogP contribution in [0, 0.1) is 0 Å². The van der Waals surface area contributed by atoms with Crippen LogP contribution >= 0.6 is 0 Å². The van der Waals surface area contributed by atoms with E-state index in [9.17, 15) is 9.59 Å². The Kier molecular flexibility index (Phi) is 6.59. The van der Waals surface area contributed by atoms with Gasteiger partial charge in [-0.05, 0) is 44.0 Å². The van der Waals surface area contributed by atoms with E-state index in [1.807, 2.05) is 24.3 Å². The number of rotatable bonds is 6. The van der Waals surface area contributed by atoms with Gasteiger partial charge in [0.25, 0.3) is 0 Å². The molecule has 1 saturated heterocycles. The van der Waals surface area contributed by atoms with Crippen molar-refractivity contribution in [3.63, 3.8) is 0 Å². The second-order valence-electron chi connectivity index (χ2n) is 6.15. The minimum absolute atomic E-state index is 0.00540. The van der Waals surface area contributed by atoms with Gasteiger partial charge < -0.3 is 10.2 Å². The van der Waals surface area contributed by atoms with Crippen LogP contribution in [0.2, 0.25) is 0 Å². The van der Waals surface area contributed by atoms with E-state index >= 15 is 0 Å². The monoisotopic (exact) mass is 317 g/mol. The molecule has 0 aromatic heterocycles. The third-order valence-electron chi connectivity index (χ3n) is 4.29. The number of nitrogens with one attached hydrogen (secondary N) is 1.